The molecule has 0 heterocycles. The Morgan fingerprint density at radius 3 is 0.800 bits per heavy atom. The summed E-state index contributed by atoms with van der Waals surface area (Å²) < 4.78 is 17.0. The van der Waals surface area contributed by atoms with Gasteiger partial charge in [0.15, 0.2) is 6.10 Å². The summed E-state index contributed by atoms with van der Waals surface area (Å²) in [6, 6.07) is 0. The Hall–Kier alpha value is -2.89. The van der Waals surface area contributed by atoms with Gasteiger partial charge in [0.25, 0.3) is 0 Å². The highest BCUT2D eigenvalue weighted by molar-refractivity contribution is 5.71. The first kappa shape index (κ1) is 77.1. The third kappa shape index (κ3) is 65.9. The second-order valence-corrected chi connectivity index (χ2v) is 23.8. The van der Waals surface area contributed by atoms with Crippen LogP contribution < -0.4 is 0 Å². The van der Waals surface area contributed by atoms with Crippen molar-refractivity contribution in [2.45, 2.75) is 380 Å². The number of ether oxygens (including phenoxy) is 3. The van der Waals surface area contributed by atoms with E-state index in [4.69, 9.17) is 14.2 Å². The number of carbonyl (C=O) groups excluding carboxylic acids is 3. The van der Waals surface area contributed by atoms with Crippen molar-refractivity contribution >= 4 is 17.9 Å². The average Bonchev–Trinajstić information content (AvgIpc) is 3.46. The molecular weight excluding hydrogens is 985 g/mol. The molecule has 80 heavy (non-hydrogen) atoms. The van der Waals surface area contributed by atoms with Crippen LogP contribution in [0.3, 0.4) is 0 Å². The van der Waals surface area contributed by atoms with Crippen molar-refractivity contribution in [2.24, 2.45) is 0 Å². The lowest BCUT2D eigenvalue weighted by Gasteiger charge is -2.18. The number of esters is 3. The van der Waals surface area contributed by atoms with Crippen LogP contribution in [0.15, 0.2) is 60.8 Å². The van der Waals surface area contributed by atoms with Gasteiger partial charge in [-0.25, -0.2) is 0 Å². The number of hydrogen-bond donors (Lipinski definition) is 0. The van der Waals surface area contributed by atoms with E-state index in [2.05, 4.69) is 81.5 Å². The fourth-order valence-corrected chi connectivity index (χ4v) is 10.5. The molecule has 0 saturated carbocycles. The van der Waals surface area contributed by atoms with Gasteiger partial charge < -0.3 is 14.2 Å². The molecule has 0 N–H and O–H groups in total. The van der Waals surface area contributed by atoms with Crippen molar-refractivity contribution in [3.05, 3.63) is 60.8 Å². The quantitative estimate of drug-likeness (QED) is 0.0261. The molecule has 0 aromatic heterocycles. The predicted octanol–water partition coefficient (Wildman–Crippen LogP) is 24.3. The van der Waals surface area contributed by atoms with Gasteiger partial charge >= 0.3 is 17.9 Å². The van der Waals surface area contributed by atoms with E-state index in [0.717, 1.165) is 89.9 Å². The fourth-order valence-electron chi connectivity index (χ4n) is 10.5. The molecule has 0 aliphatic carbocycles. The van der Waals surface area contributed by atoms with E-state index in [1.807, 2.05) is 0 Å². The largest absolute Gasteiger partial charge is 0.462 e. The minimum absolute atomic E-state index is 0.0702. The SMILES string of the molecule is CC/C=C\C/C=C\C/C=C\C/C=C\CCCCCCCCCCCCCCCCCCCCCCC(=O)OCC(COC(=O)CCCCCCC/C=C\CCCCC)OC(=O)CCCCCCCCCCCCCCCCCCC. The minimum atomic E-state index is -0.773. The second-order valence-electron chi connectivity index (χ2n) is 23.8. The van der Waals surface area contributed by atoms with E-state index in [-0.39, 0.29) is 31.1 Å². The Morgan fingerprint density at radius 1 is 0.263 bits per heavy atom. The van der Waals surface area contributed by atoms with Crippen LogP contribution in [0.1, 0.15) is 374 Å². The van der Waals surface area contributed by atoms with Gasteiger partial charge in [0.2, 0.25) is 0 Å². The maximum atomic E-state index is 12.9. The maximum Gasteiger partial charge on any atom is 0.306 e. The van der Waals surface area contributed by atoms with Gasteiger partial charge in [-0.3, -0.25) is 14.4 Å². The van der Waals surface area contributed by atoms with Crippen molar-refractivity contribution in [1.82, 2.24) is 0 Å². The van der Waals surface area contributed by atoms with E-state index in [1.165, 1.54) is 244 Å². The van der Waals surface area contributed by atoms with Crippen molar-refractivity contribution in [1.29, 1.82) is 0 Å². The fraction of sp³-hybridized carbons (Fsp3) is 0.824. The van der Waals surface area contributed by atoms with Crippen LogP contribution in [0.2, 0.25) is 0 Å². The minimum Gasteiger partial charge on any atom is -0.462 e. The van der Waals surface area contributed by atoms with E-state index in [1.54, 1.807) is 0 Å². The Bertz CT molecular complexity index is 1430. The van der Waals surface area contributed by atoms with Crippen molar-refractivity contribution < 1.29 is 28.6 Å². The molecule has 0 aliphatic heterocycles. The summed E-state index contributed by atoms with van der Waals surface area (Å²) in [6.07, 6.45) is 88.3. The summed E-state index contributed by atoms with van der Waals surface area (Å²) in [7, 11) is 0. The number of hydrogen-bond acceptors (Lipinski definition) is 6. The Kier molecular flexibility index (Phi) is 66.1. The van der Waals surface area contributed by atoms with E-state index in [9.17, 15) is 14.4 Å². The van der Waals surface area contributed by atoms with Gasteiger partial charge in [0.05, 0.1) is 0 Å². The van der Waals surface area contributed by atoms with E-state index in [0.29, 0.717) is 19.3 Å². The second kappa shape index (κ2) is 68.6. The van der Waals surface area contributed by atoms with Crippen LogP contribution in [0, 0.1) is 0 Å². The highest BCUT2D eigenvalue weighted by Crippen LogP contribution is 2.18. The molecule has 6 heteroatoms. The van der Waals surface area contributed by atoms with Crippen LogP contribution in [0.4, 0.5) is 0 Å². The Labute approximate surface area is 498 Å². The lowest BCUT2D eigenvalue weighted by Crippen LogP contribution is -2.30. The Balaban J connectivity index is 4.10. The lowest BCUT2D eigenvalue weighted by molar-refractivity contribution is -0.167. The number of carbonyl (C=O) groups is 3. The van der Waals surface area contributed by atoms with Crippen LogP contribution in [0.5, 0.6) is 0 Å². The van der Waals surface area contributed by atoms with Crippen LogP contribution >= 0.6 is 0 Å². The lowest BCUT2D eigenvalue weighted by atomic mass is 10.0. The summed E-state index contributed by atoms with van der Waals surface area (Å²) in [4.78, 5) is 38.3. The molecule has 1 atom stereocenters. The van der Waals surface area contributed by atoms with Gasteiger partial charge in [0.1, 0.15) is 13.2 Å². The van der Waals surface area contributed by atoms with Gasteiger partial charge in [0, 0.05) is 19.3 Å². The molecule has 0 amide bonds. The van der Waals surface area contributed by atoms with Crippen LogP contribution in [-0.2, 0) is 28.6 Å². The third-order valence-corrected chi connectivity index (χ3v) is 15.8. The number of unbranched alkanes of at least 4 members (excludes halogenated alkanes) is 44. The number of allylic oxidation sites excluding steroid dienone is 10. The van der Waals surface area contributed by atoms with Crippen molar-refractivity contribution in [2.75, 3.05) is 13.2 Å². The molecule has 6 nitrogen and oxygen atoms in total. The van der Waals surface area contributed by atoms with Gasteiger partial charge in [-0.2, -0.15) is 0 Å². The molecular formula is C74H134O6. The summed E-state index contributed by atoms with van der Waals surface area (Å²) in [5.41, 5.74) is 0. The summed E-state index contributed by atoms with van der Waals surface area (Å²) in [6.45, 7) is 6.56. The summed E-state index contributed by atoms with van der Waals surface area (Å²) in [5.74, 6) is -0.854. The highest BCUT2D eigenvalue weighted by atomic mass is 16.6. The molecule has 466 valence electrons. The van der Waals surface area contributed by atoms with E-state index >= 15 is 0 Å². The monoisotopic (exact) mass is 1120 g/mol. The first-order valence-electron chi connectivity index (χ1n) is 35.3. The van der Waals surface area contributed by atoms with Gasteiger partial charge in [-0.1, -0.05) is 332 Å². The molecule has 1 unspecified atom stereocenters. The summed E-state index contributed by atoms with van der Waals surface area (Å²) in [5, 5.41) is 0. The van der Waals surface area contributed by atoms with Crippen LogP contribution in [0.25, 0.3) is 0 Å². The number of rotatable bonds is 65. The predicted molar refractivity (Wildman–Crippen MR) is 348 cm³/mol. The average molecular weight is 1120 g/mol. The first-order chi connectivity index (χ1) is 39.5. The molecule has 0 radical (unpaired) electrons. The summed E-state index contributed by atoms with van der Waals surface area (Å²) >= 11 is 0. The molecule has 0 bridgehead atoms. The topological polar surface area (TPSA) is 78.9 Å². The standard InChI is InChI=1S/C74H134O6/c1-4-7-10-13-16-19-22-25-27-29-30-31-32-33-34-35-36-37-38-39-40-41-42-43-44-46-47-49-52-55-58-61-64-67-73(76)79-70-71(69-78-72(75)66-63-60-57-54-51-24-21-18-15-12-9-6-3)80-74(77)68-65-62-59-56-53-50-48-45-28-26-23-20-17-14-11-8-5-2/h7,10,16,18-19,21,25,27,30-31,71H,4-6,8-9,11-15,17,20,22-24,26,28-29,32-70H2,1-3H3/b10-7-,19-16-,21-18-,27-25-,31-30-. The normalized spacial score (nSPS) is 12.4. The Morgan fingerprint density at radius 2 is 0.487 bits per heavy atom. The zero-order valence-electron chi connectivity index (χ0n) is 53.6. The maximum absolute atomic E-state index is 12.9. The van der Waals surface area contributed by atoms with Crippen LogP contribution in [-0.4, -0.2) is 37.2 Å². The highest BCUT2D eigenvalue weighted by Gasteiger charge is 2.19. The van der Waals surface area contributed by atoms with Crippen molar-refractivity contribution in [3.8, 4) is 0 Å². The molecule has 0 spiro atoms. The van der Waals surface area contributed by atoms with Crippen molar-refractivity contribution in [3.63, 3.8) is 0 Å². The molecule has 0 aliphatic rings. The molecule has 0 saturated heterocycles. The van der Waals surface area contributed by atoms with Gasteiger partial charge in [-0.15, -0.1) is 0 Å². The van der Waals surface area contributed by atoms with Gasteiger partial charge in [-0.05, 0) is 83.5 Å². The molecule has 0 aromatic carbocycles. The van der Waals surface area contributed by atoms with E-state index < -0.39 is 6.10 Å². The molecule has 0 fully saturated rings. The zero-order chi connectivity index (χ0) is 57.8. The zero-order valence-corrected chi connectivity index (χ0v) is 53.6. The first-order valence-corrected chi connectivity index (χ1v) is 35.3. The third-order valence-electron chi connectivity index (χ3n) is 15.8. The molecule has 0 aromatic rings. The molecule has 0 rings (SSSR count). The smallest absolute Gasteiger partial charge is 0.306 e.